The number of aromatic nitrogens is 1. The number of para-hydroxylation sites is 1. The van der Waals surface area contributed by atoms with Gasteiger partial charge in [0, 0.05) is 35.7 Å². The summed E-state index contributed by atoms with van der Waals surface area (Å²) in [5.41, 5.74) is 2.25. The maximum Gasteiger partial charge on any atom is 0.352 e. The molecular formula is C22H19N3O4S2. The highest BCUT2D eigenvalue weighted by molar-refractivity contribution is 8.02. The summed E-state index contributed by atoms with van der Waals surface area (Å²) in [4.78, 5) is 34.3. The van der Waals surface area contributed by atoms with Crippen LogP contribution >= 0.6 is 23.5 Å². The first-order valence-electron chi connectivity index (χ1n) is 9.45. The summed E-state index contributed by atoms with van der Waals surface area (Å²) in [5, 5.41) is 21.1. The molecule has 0 bridgehead atoms. The predicted octanol–water partition coefficient (Wildman–Crippen LogP) is 3.23. The Morgan fingerprint density at radius 2 is 2.16 bits per heavy atom. The van der Waals surface area contributed by atoms with Gasteiger partial charge in [-0.25, -0.2) is 4.79 Å². The number of aromatic hydroxyl groups is 1. The van der Waals surface area contributed by atoms with E-state index in [9.17, 15) is 19.8 Å². The number of carbonyl (C=O) groups is 2. The van der Waals surface area contributed by atoms with Gasteiger partial charge in [-0.15, -0.1) is 23.5 Å². The second-order valence-electron chi connectivity index (χ2n) is 6.85. The normalized spacial score (nSPS) is 20.9. The third-order valence-corrected chi connectivity index (χ3v) is 7.00. The smallest absolute Gasteiger partial charge is 0.352 e. The SMILES string of the molecule is O=C(O)C1=C(CS/C=C\c2cccnc2)CS[C@@H]2C(/N=C/c3ccccc3O)C(=O)N12. The molecule has 7 nitrogen and oxygen atoms in total. The van der Waals surface area contributed by atoms with Crippen LogP contribution in [0.2, 0.25) is 0 Å². The molecule has 0 aliphatic carbocycles. The van der Waals surface area contributed by atoms with E-state index in [-0.39, 0.29) is 22.7 Å². The molecule has 2 aliphatic rings. The number of rotatable bonds is 7. The van der Waals surface area contributed by atoms with E-state index in [0.29, 0.717) is 22.6 Å². The molecule has 158 valence electrons. The van der Waals surface area contributed by atoms with E-state index in [1.54, 1.807) is 36.7 Å². The lowest BCUT2D eigenvalue weighted by molar-refractivity contribution is -0.147. The highest BCUT2D eigenvalue weighted by Gasteiger charge is 2.53. The Morgan fingerprint density at radius 1 is 1.32 bits per heavy atom. The first-order valence-corrected chi connectivity index (χ1v) is 11.6. The zero-order valence-corrected chi connectivity index (χ0v) is 17.9. The molecule has 1 unspecified atom stereocenters. The second kappa shape index (κ2) is 9.40. The number of benzene rings is 1. The Labute approximate surface area is 187 Å². The van der Waals surface area contributed by atoms with E-state index in [0.717, 1.165) is 5.56 Å². The summed E-state index contributed by atoms with van der Waals surface area (Å²) >= 11 is 2.98. The number of nitrogens with zero attached hydrogens (tertiary/aromatic N) is 3. The highest BCUT2D eigenvalue weighted by atomic mass is 32.2. The first-order chi connectivity index (χ1) is 15.1. The van der Waals surface area contributed by atoms with Crippen LogP contribution in [0.4, 0.5) is 0 Å². The van der Waals surface area contributed by atoms with Crippen LogP contribution in [0.3, 0.4) is 0 Å². The molecule has 1 aromatic carbocycles. The largest absolute Gasteiger partial charge is 0.507 e. The number of hydrogen-bond acceptors (Lipinski definition) is 7. The van der Waals surface area contributed by atoms with Crippen LogP contribution in [-0.2, 0) is 9.59 Å². The number of carboxylic acid groups (broad SMARTS) is 1. The molecule has 1 amide bonds. The topological polar surface area (TPSA) is 103 Å². The molecule has 9 heteroatoms. The molecule has 1 saturated heterocycles. The summed E-state index contributed by atoms with van der Waals surface area (Å²) < 4.78 is 0. The van der Waals surface area contributed by atoms with Gasteiger partial charge in [0.2, 0.25) is 0 Å². The fourth-order valence-electron chi connectivity index (χ4n) is 3.29. The molecule has 1 fully saturated rings. The number of hydrogen-bond donors (Lipinski definition) is 2. The Bertz CT molecular complexity index is 1090. The van der Waals surface area contributed by atoms with Crippen molar-refractivity contribution in [1.82, 2.24) is 9.88 Å². The Hall–Kier alpha value is -3.04. The highest BCUT2D eigenvalue weighted by Crippen LogP contribution is 2.42. The van der Waals surface area contributed by atoms with Gasteiger partial charge in [0.05, 0.1) is 0 Å². The molecule has 2 aromatic rings. The maximum atomic E-state index is 12.7. The fourth-order valence-corrected chi connectivity index (χ4v) is 5.54. The number of aliphatic carboxylic acids is 1. The van der Waals surface area contributed by atoms with Crippen LogP contribution in [0.25, 0.3) is 6.08 Å². The van der Waals surface area contributed by atoms with Crippen LogP contribution in [-0.4, -0.2) is 61.1 Å². The number of carboxylic acids is 1. The van der Waals surface area contributed by atoms with Crippen molar-refractivity contribution < 1.29 is 19.8 Å². The zero-order chi connectivity index (χ0) is 21.8. The van der Waals surface area contributed by atoms with Crippen molar-refractivity contribution in [2.45, 2.75) is 11.4 Å². The van der Waals surface area contributed by atoms with Crippen LogP contribution in [0.5, 0.6) is 5.75 Å². The molecule has 1 aromatic heterocycles. The number of carbonyl (C=O) groups excluding carboxylic acids is 1. The number of phenolic OH excluding ortho intramolecular Hbond substituents is 1. The number of pyridine rings is 1. The average molecular weight is 454 g/mol. The standard InChI is InChI=1S/C22H19N3O4S2/c26-17-6-2-1-5-15(17)11-24-18-20(27)25-19(22(28)29)16(13-31-21(18)25)12-30-9-7-14-4-3-8-23-10-14/h1-11,18,21,26H,12-13H2,(H,28,29)/b9-7-,24-11+/t18?,21-/m1/s1. The quantitative estimate of drug-likeness (QED) is 0.490. The van der Waals surface area contributed by atoms with Gasteiger partial charge >= 0.3 is 5.97 Å². The van der Waals surface area contributed by atoms with Gasteiger partial charge in [0.1, 0.15) is 16.8 Å². The third-order valence-electron chi connectivity index (χ3n) is 4.83. The Morgan fingerprint density at radius 3 is 2.90 bits per heavy atom. The van der Waals surface area contributed by atoms with E-state index >= 15 is 0 Å². The van der Waals surface area contributed by atoms with E-state index in [4.69, 9.17) is 0 Å². The van der Waals surface area contributed by atoms with Crippen molar-refractivity contribution in [3.8, 4) is 5.75 Å². The summed E-state index contributed by atoms with van der Waals surface area (Å²) in [5.74, 6) is -0.362. The molecule has 2 atom stereocenters. The van der Waals surface area contributed by atoms with Gasteiger partial charge in [-0.05, 0) is 40.8 Å². The monoisotopic (exact) mass is 453 g/mol. The predicted molar refractivity (Wildman–Crippen MR) is 123 cm³/mol. The molecule has 0 saturated carbocycles. The molecule has 3 heterocycles. The maximum absolute atomic E-state index is 12.7. The molecule has 0 spiro atoms. The van der Waals surface area contributed by atoms with Crippen molar-refractivity contribution in [2.75, 3.05) is 11.5 Å². The summed E-state index contributed by atoms with van der Waals surface area (Å²) in [6.45, 7) is 0. The second-order valence-corrected chi connectivity index (χ2v) is 8.85. The van der Waals surface area contributed by atoms with Gasteiger partial charge in [0.15, 0.2) is 6.04 Å². The van der Waals surface area contributed by atoms with Gasteiger partial charge in [-0.3, -0.25) is 19.7 Å². The lowest BCUT2D eigenvalue weighted by Gasteiger charge is -2.47. The number of aliphatic imine (C=N–C) groups is 1. The minimum Gasteiger partial charge on any atom is -0.507 e. The van der Waals surface area contributed by atoms with Crippen LogP contribution in [0, 0.1) is 0 Å². The van der Waals surface area contributed by atoms with Crippen molar-refractivity contribution >= 4 is 47.7 Å². The summed E-state index contributed by atoms with van der Waals surface area (Å²) in [6.07, 6.45) is 6.83. The molecule has 2 aliphatic heterocycles. The summed E-state index contributed by atoms with van der Waals surface area (Å²) in [6, 6.07) is 9.84. The fraction of sp³-hybridized carbons (Fsp3) is 0.182. The van der Waals surface area contributed by atoms with E-state index in [1.807, 2.05) is 23.6 Å². The van der Waals surface area contributed by atoms with Crippen LogP contribution < -0.4 is 0 Å². The van der Waals surface area contributed by atoms with E-state index in [1.165, 1.54) is 34.6 Å². The third kappa shape index (κ3) is 4.52. The Balaban J connectivity index is 1.45. The number of phenols is 1. The molecule has 4 rings (SSSR count). The number of fused-ring (bicyclic) bond motifs is 1. The van der Waals surface area contributed by atoms with Crippen molar-refractivity contribution in [3.05, 3.63) is 76.6 Å². The minimum atomic E-state index is -1.10. The van der Waals surface area contributed by atoms with Crippen molar-refractivity contribution in [1.29, 1.82) is 0 Å². The van der Waals surface area contributed by atoms with E-state index < -0.39 is 12.0 Å². The molecule has 31 heavy (non-hydrogen) atoms. The summed E-state index contributed by atoms with van der Waals surface area (Å²) in [7, 11) is 0. The number of amides is 1. The van der Waals surface area contributed by atoms with Crippen molar-refractivity contribution in [2.24, 2.45) is 4.99 Å². The van der Waals surface area contributed by atoms with Gasteiger partial charge < -0.3 is 10.2 Å². The van der Waals surface area contributed by atoms with Gasteiger partial charge in [-0.2, -0.15) is 0 Å². The minimum absolute atomic E-state index is 0.0602. The van der Waals surface area contributed by atoms with Crippen LogP contribution in [0.1, 0.15) is 11.1 Å². The number of thioether (sulfide) groups is 2. The van der Waals surface area contributed by atoms with Crippen LogP contribution in [0.15, 0.2) is 70.5 Å². The van der Waals surface area contributed by atoms with E-state index in [2.05, 4.69) is 9.98 Å². The Kier molecular flexibility index (Phi) is 6.43. The molecule has 0 radical (unpaired) electrons. The van der Waals surface area contributed by atoms with Gasteiger partial charge in [0.25, 0.3) is 5.91 Å². The average Bonchev–Trinajstić information content (AvgIpc) is 2.78. The number of β-lactam (4-membered cyclic amide) rings is 1. The lowest BCUT2D eigenvalue weighted by atomic mass is 10.0. The molecule has 2 N–H and O–H groups in total. The first kappa shape index (κ1) is 21.2. The van der Waals surface area contributed by atoms with Crippen molar-refractivity contribution in [3.63, 3.8) is 0 Å². The lowest BCUT2D eigenvalue weighted by Crippen LogP contribution is -2.64. The molecular weight excluding hydrogens is 434 g/mol. The van der Waals surface area contributed by atoms with Gasteiger partial charge in [-0.1, -0.05) is 18.2 Å². The zero-order valence-electron chi connectivity index (χ0n) is 16.3.